The highest BCUT2D eigenvalue weighted by Crippen LogP contribution is 2.31. The molecule has 0 aromatic heterocycles. The van der Waals surface area contributed by atoms with Crippen LogP contribution >= 0.6 is 0 Å². The van der Waals surface area contributed by atoms with E-state index in [1.165, 1.54) is 24.1 Å². The molecule has 0 N–H and O–H groups in total. The first-order valence-electron chi connectivity index (χ1n) is 4.07. The summed E-state index contributed by atoms with van der Waals surface area (Å²) >= 11 is 0. The van der Waals surface area contributed by atoms with Crippen molar-refractivity contribution in [1.29, 1.82) is 0 Å². The molecule has 0 bridgehead atoms. The van der Waals surface area contributed by atoms with Crippen molar-refractivity contribution >= 4 is 5.69 Å². The maximum Gasteiger partial charge on any atom is 0.0396 e. The van der Waals surface area contributed by atoms with E-state index in [1.54, 1.807) is 5.56 Å². The summed E-state index contributed by atoms with van der Waals surface area (Å²) in [4.78, 5) is 2.19. The fraction of sp³-hybridized carbons (Fsp3) is 0.400. The second-order valence-corrected chi connectivity index (χ2v) is 3.31. The monoisotopic (exact) mass is 147 g/mol. The quantitative estimate of drug-likeness (QED) is 0.586. The summed E-state index contributed by atoms with van der Waals surface area (Å²) in [6.45, 7) is 0. The van der Waals surface area contributed by atoms with Crippen LogP contribution in [-0.4, -0.2) is 14.1 Å². The van der Waals surface area contributed by atoms with Crippen LogP contribution in [0, 0.1) is 0 Å². The molecule has 0 amide bonds. The van der Waals surface area contributed by atoms with Crippen LogP contribution in [0.1, 0.15) is 11.1 Å². The third-order valence-corrected chi connectivity index (χ3v) is 2.37. The van der Waals surface area contributed by atoms with Gasteiger partial charge in [-0.05, 0) is 30.0 Å². The van der Waals surface area contributed by atoms with Gasteiger partial charge in [-0.2, -0.15) is 0 Å². The zero-order chi connectivity index (χ0) is 7.84. The minimum atomic E-state index is 1.27. The number of fused-ring (bicyclic) bond motifs is 1. The van der Waals surface area contributed by atoms with E-state index in [0.717, 1.165) is 0 Å². The molecule has 0 spiro atoms. The molecule has 1 aliphatic carbocycles. The molecule has 1 aromatic carbocycles. The highest BCUT2D eigenvalue weighted by Gasteiger charge is 2.16. The number of benzene rings is 1. The van der Waals surface area contributed by atoms with Crippen molar-refractivity contribution in [3.63, 3.8) is 0 Å². The van der Waals surface area contributed by atoms with E-state index in [4.69, 9.17) is 0 Å². The van der Waals surface area contributed by atoms with E-state index >= 15 is 0 Å². The van der Waals surface area contributed by atoms with Crippen molar-refractivity contribution in [3.8, 4) is 0 Å². The van der Waals surface area contributed by atoms with E-state index in [-0.39, 0.29) is 0 Å². The van der Waals surface area contributed by atoms with Crippen LogP contribution in [0.2, 0.25) is 0 Å². The predicted molar refractivity (Wildman–Crippen MR) is 48.2 cm³/mol. The number of nitrogens with zero attached hydrogens (tertiary/aromatic N) is 1. The van der Waals surface area contributed by atoms with Crippen LogP contribution < -0.4 is 4.90 Å². The van der Waals surface area contributed by atoms with Gasteiger partial charge in [-0.3, -0.25) is 0 Å². The lowest BCUT2D eigenvalue weighted by molar-refractivity contribution is 0.831. The third-order valence-electron chi connectivity index (χ3n) is 2.37. The van der Waals surface area contributed by atoms with Crippen molar-refractivity contribution in [2.75, 3.05) is 19.0 Å². The average Bonchev–Trinajstić information content (AvgIpc) is 1.90. The normalized spacial score (nSPS) is 13.6. The highest BCUT2D eigenvalue weighted by atomic mass is 15.1. The van der Waals surface area contributed by atoms with E-state index in [2.05, 4.69) is 37.2 Å². The molecule has 1 heteroatoms. The Morgan fingerprint density at radius 1 is 1.18 bits per heavy atom. The first-order valence-corrected chi connectivity index (χ1v) is 4.07. The molecular formula is C10H13N. The molecule has 0 saturated carbocycles. The number of hydrogen-bond donors (Lipinski definition) is 0. The molecule has 0 unspecified atom stereocenters. The SMILES string of the molecule is CN(C)c1cccc2c1CC2. The van der Waals surface area contributed by atoms with E-state index < -0.39 is 0 Å². The minimum absolute atomic E-state index is 1.27. The van der Waals surface area contributed by atoms with Gasteiger partial charge in [0.15, 0.2) is 0 Å². The summed E-state index contributed by atoms with van der Waals surface area (Å²) in [7, 11) is 4.21. The van der Waals surface area contributed by atoms with Gasteiger partial charge in [0.05, 0.1) is 0 Å². The largest absolute Gasteiger partial charge is 0.377 e. The Morgan fingerprint density at radius 3 is 2.45 bits per heavy atom. The van der Waals surface area contributed by atoms with Crippen LogP contribution in [0.25, 0.3) is 0 Å². The maximum atomic E-state index is 2.23. The summed E-state index contributed by atoms with van der Waals surface area (Å²) < 4.78 is 0. The van der Waals surface area contributed by atoms with Crippen LogP contribution in [0.3, 0.4) is 0 Å². The molecule has 0 heterocycles. The molecule has 1 aromatic rings. The van der Waals surface area contributed by atoms with Crippen LogP contribution in [0.15, 0.2) is 18.2 Å². The Labute approximate surface area is 67.6 Å². The molecule has 58 valence electrons. The van der Waals surface area contributed by atoms with Crippen LogP contribution in [-0.2, 0) is 12.8 Å². The summed E-state index contributed by atoms with van der Waals surface area (Å²) in [5, 5.41) is 0. The smallest absolute Gasteiger partial charge is 0.0396 e. The summed E-state index contributed by atoms with van der Waals surface area (Å²) in [6.07, 6.45) is 2.54. The Hall–Kier alpha value is -0.980. The lowest BCUT2D eigenvalue weighted by atomic mass is 9.87. The van der Waals surface area contributed by atoms with Crippen LogP contribution in [0.5, 0.6) is 0 Å². The van der Waals surface area contributed by atoms with E-state index in [9.17, 15) is 0 Å². The Balaban J connectivity index is 2.48. The number of anilines is 1. The number of aryl methyl sites for hydroxylation is 1. The Bertz CT molecular complexity index is 276. The van der Waals surface area contributed by atoms with Crippen molar-refractivity contribution in [2.24, 2.45) is 0 Å². The average molecular weight is 147 g/mol. The van der Waals surface area contributed by atoms with Crippen LogP contribution in [0.4, 0.5) is 5.69 Å². The second kappa shape index (κ2) is 2.26. The maximum absolute atomic E-state index is 2.23. The standard InChI is InChI=1S/C10H13N/c1-11(2)10-5-3-4-8-6-7-9(8)10/h3-5H,6-7H2,1-2H3. The predicted octanol–water partition coefficient (Wildman–Crippen LogP) is 1.85. The summed E-state index contributed by atoms with van der Waals surface area (Å²) in [5.74, 6) is 0. The van der Waals surface area contributed by atoms with Crippen molar-refractivity contribution in [3.05, 3.63) is 29.3 Å². The molecule has 11 heavy (non-hydrogen) atoms. The summed E-state index contributed by atoms with van der Waals surface area (Å²) in [5.41, 5.74) is 4.49. The molecule has 0 radical (unpaired) electrons. The van der Waals surface area contributed by atoms with Gasteiger partial charge in [0.1, 0.15) is 0 Å². The highest BCUT2D eigenvalue weighted by molar-refractivity contribution is 5.59. The molecule has 0 fully saturated rings. The van der Waals surface area contributed by atoms with Gasteiger partial charge in [-0.1, -0.05) is 12.1 Å². The Morgan fingerprint density at radius 2 is 2.00 bits per heavy atom. The van der Waals surface area contributed by atoms with Gasteiger partial charge in [-0.25, -0.2) is 0 Å². The number of hydrogen-bond acceptors (Lipinski definition) is 1. The van der Waals surface area contributed by atoms with Crippen molar-refractivity contribution in [2.45, 2.75) is 12.8 Å². The molecule has 0 aliphatic heterocycles. The first-order chi connectivity index (χ1) is 5.29. The van der Waals surface area contributed by atoms with Gasteiger partial charge in [0.2, 0.25) is 0 Å². The minimum Gasteiger partial charge on any atom is -0.377 e. The van der Waals surface area contributed by atoms with Crippen molar-refractivity contribution in [1.82, 2.24) is 0 Å². The molecular weight excluding hydrogens is 134 g/mol. The molecule has 1 nitrogen and oxygen atoms in total. The zero-order valence-electron chi connectivity index (χ0n) is 7.09. The molecule has 0 saturated heterocycles. The lowest BCUT2D eigenvalue weighted by Gasteiger charge is -2.26. The number of rotatable bonds is 1. The van der Waals surface area contributed by atoms with Gasteiger partial charge in [0.25, 0.3) is 0 Å². The van der Waals surface area contributed by atoms with Gasteiger partial charge in [0, 0.05) is 19.8 Å². The van der Waals surface area contributed by atoms with Crippen molar-refractivity contribution < 1.29 is 0 Å². The fourth-order valence-corrected chi connectivity index (χ4v) is 1.65. The van der Waals surface area contributed by atoms with E-state index in [0.29, 0.717) is 0 Å². The third kappa shape index (κ3) is 0.917. The van der Waals surface area contributed by atoms with Gasteiger partial charge >= 0.3 is 0 Å². The van der Waals surface area contributed by atoms with Gasteiger partial charge in [-0.15, -0.1) is 0 Å². The zero-order valence-corrected chi connectivity index (χ0v) is 7.09. The lowest BCUT2D eigenvalue weighted by Crippen LogP contribution is -2.17. The van der Waals surface area contributed by atoms with E-state index in [1.807, 2.05) is 0 Å². The first kappa shape index (κ1) is 6.71. The summed E-state index contributed by atoms with van der Waals surface area (Å²) in [6, 6.07) is 6.57. The Kier molecular flexibility index (Phi) is 1.38. The molecule has 2 rings (SSSR count). The second-order valence-electron chi connectivity index (χ2n) is 3.31. The fourth-order valence-electron chi connectivity index (χ4n) is 1.65. The molecule has 0 atom stereocenters. The van der Waals surface area contributed by atoms with Gasteiger partial charge < -0.3 is 4.90 Å². The molecule has 1 aliphatic rings. The topological polar surface area (TPSA) is 3.24 Å².